The van der Waals surface area contributed by atoms with Crippen LogP contribution in [0.2, 0.25) is 0 Å². The second-order valence-electron chi connectivity index (χ2n) is 7.25. The van der Waals surface area contributed by atoms with Crippen LogP contribution in [-0.4, -0.2) is 53.5 Å². The van der Waals surface area contributed by atoms with Crippen molar-refractivity contribution >= 4 is 35.1 Å². The predicted molar refractivity (Wildman–Crippen MR) is 120 cm³/mol. The van der Waals surface area contributed by atoms with Crippen LogP contribution in [0.4, 0.5) is 4.39 Å². The first-order valence-corrected chi connectivity index (χ1v) is 10.7. The van der Waals surface area contributed by atoms with Crippen molar-refractivity contribution in [1.82, 2.24) is 15.5 Å². The van der Waals surface area contributed by atoms with Crippen molar-refractivity contribution in [1.29, 1.82) is 0 Å². The number of halogens is 1. The van der Waals surface area contributed by atoms with Crippen molar-refractivity contribution < 1.29 is 23.5 Å². The Balaban J connectivity index is 1.53. The fourth-order valence-corrected chi connectivity index (χ4v) is 3.68. The number of carbonyl (C=O) groups is 3. The van der Waals surface area contributed by atoms with Crippen LogP contribution >= 0.6 is 12.2 Å². The molecule has 2 aromatic carbocycles. The van der Waals surface area contributed by atoms with Crippen LogP contribution in [-0.2, 0) is 20.7 Å². The summed E-state index contributed by atoms with van der Waals surface area (Å²) in [5.41, 5.74) is 0.989. The number of thiocarbonyl (C=S) groups is 1. The number of piperazine rings is 1. The van der Waals surface area contributed by atoms with Gasteiger partial charge in [0, 0.05) is 13.1 Å². The summed E-state index contributed by atoms with van der Waals surface area (Å²) in [6.45, 7) is 0.835. The topological polar surface area (TPSA) is 87.7 Å². The van der Waals surface area contributed by atoms with Crippen LogP contribution < -0.4 is 10.6 Å². The number of nitrogens with one attached hydrogen (secondary N) is 2. The highest BCUT2D eigenvalue weighted by atomic mass is 32.1. The number of benzene rings is 2. The van der Waals surface area contributed by atoms with Crippen molar-refractivity contribution in [2.75, 3.05) is 19.7 Å². The Labute approximate surface area is 190 Å². The van der Waals surface area contributed by atoms with Crippen molar-refractivity contribution in [2.24, 2.45) is 0 Å². The summed E-state index contributed by atoms with van der Waals surface area (Å²) in [6, 6.07) is 14.4. The molecule has 0 spiro atoms. The van der Waals surface area contributed by atoms with Gasteiger partial charge in [0.25, 0.3) is 5.91 Å². The van der Waals surface area contributed by atoms with Crippen LogP contribution in [0.25, 0.3) is 0 Å². The Morgan fingerprint density at radius 2 is 1.88 bits per heavy atom. The van der Waals surface area contributed by atoms with Gasteiger partial charge in [-0.15, -0.1) is 0 Å². The van der Waals surface area contributed by atoms with Crippen LogP contribution in [0.5, 0.6) is 0 Å². The molecule has 0 bridgehead atoms. The Bertz CT molecular complexity index is 986. The van der Waals surface area contributed by atoms with Crippen LogP contribution in [0.15, 0.2) is 54.6 Å². The number of ether oxygens (including phenoxy) is 1. The lowest BCUT2D eigenvalue weighted by atomic mass is 10.1. The molecule has 1 saturated heterocycles. The fraction of sp³-hybridized carbons (Fsp3) is 0.304. The Kier molecular flexibility index (Phi) is 8.27. The molecule has 168 valence electrons. The maximum Gasteiger partial charge on any atom is 0.308 e. The van der Waals surface area contributed by atoms with Gasteiger partial charge in [-0.2, -0.15) is 0 Å². The monoisotopic (exact) mass is 457 g/mol. The third-order valence-electron chi connectivity index (χ3n) is 5.01. The molecular weight excluding hydrogens is 433 g/mol. The third kappa shape index (κ3) is 6.34. The lowest BCUT2D eigenvalue weighted by Crippen LogP contribution is -2.60. The molecule has 1 aliphatic rings. The summed E-state index contributed by atoms with van der Waals surface area (Å²) in [4.78, 5) is 38.5. The molecule has 1 heterocycles. The van der Waals surface area contributed by atoms with E-state index in [1.807, 2.05) is 30.3 Å². The summed E-state index contributed by atoms with van der Waals surface area (Å²) < 4.78 is 19.1. The smallest absolute Gasteiger partial charge is 0.308 e. The second kappa shape index (κ2) is 11.3. The summed E-state index contributed by atoms with van der Waals surface area (Å²) in [7, 11) is 0. The highest BCUT2D eigenvalue weighted by Gasteiger charge is 2.34. The van der Waals surface area contributed by atoms with E-state index in [1.54, 1.807) is 0 Å². The number of hydrogen-bond donors (Lipinski definition) is 2. The minimum absolute atomic E-state index is 0.0463. The number of amides is 2. The van der Waals surface area contributed by atoms with Crippen LogP contribution in [0, 0.1) is 5.82 Å². The Morgan fingerprint density at radius 1 is 1.16 bits per heavy atom. The molecule has 1 fully saturated rings. The van der Waals surface area contributed by atoms with Gasteiger partial charge in [-0.05, 0) is 42.8 Å². The summed E-state index contributed by atoms with van der Waals surface area (Å²) >= 11 is 5.28. The number of carbonyl (C=O) groups excluding carboxylic acids is 3. The largest absolute Gasteiger partial charge is 0.466 e. The molecule has 1 unspecified atom stereocenters. The number of aryl methyl sites for hydroxylation is 1. The van der Waals surface area contributed by atoms with Gasteiger partial charge in [-0.1, -0.05) is 42.5 Å². The standard InChI is InChI=1S/C23H24FN3O4S/c24-18-11-5-4-10-17(18)21(29)26-23(32)27-13-12-25-22(30)19(27)15-20(28)31-14-6-9-16-7-2-1-3-8-16/h1-5,7-8,10-11,19H,6,9,12-15H2,(H,25,30)(H,26,29,32). The minimum Gasteiger partial charge on any atom is -0.466 e. The molecule has 0 saturated carbocycles. The van der Waals surface area contributed by atoms with Gasteiger partial charge in [-0.3, -0.25) is 19.7 Å². The number of hydrogen-bond acceptors (Lipinski definition) is 5. The molecule has 9 heteroatoms. The first-order valence-electron chi connectivity index (χ1n) is 10.3. The maximum atomic E-state index is 13.9. The van der Waals surface area contributed by atoms with E-state index >= 15 is 0 Å². The van der Waals surface area contributed by atoms with Crippen molar-refractivity contribution in [3.63, 3.8) is 0 Å². The molecule has 2 aromatic rings. The van der Waals surface area contributed by atoms with Gasteiger partial charge >= 0.3 is 5.97 Å². The predicted octanol–water partition coefficient (Wildman–Crippen LogP) is 2.21. The summed E-state index contributed by atoms with van der Waals surface area (Å²) in [5.74, 6) is -2.32. The number of esters is 1. The molecule has 3 rings (SSSR count). The van der Waals surface area contributed by atoms with Gasteiger partial charge < -0.3 is 15.0 Å². The second-order valence-corrected chi connectivity index (χ2v) is 7.64. The maximum absolute atomic E-state index is 13.9. The van der Waals surface area contributed by atoms with Crippen molar-refractivity contribution in [2.45, 2.75) is 25.3 Å². The first kappa shape index (κ1) is 23.3. The van der Waals surface area contributed by atoms with E-state index in [4.69, 9.17) is 17.0 Å². The molecule has 7 nitrogen and oxygen atoms in total. The number of nitrogens with zero attached hydrogens (tertiary/aromatic N) is 1. The third-order valence-corrected chi connectivity index (χ3v) is 5.34. The highest BCUT2D eigenvalue weighted by Crippen LogP contribution is 2.12. The van der Waals surface area contributed by atoms with Crippen LogP contribution in [0.1, 0.15) is 28.8 Å². The van der Waals surface area contributed by atoms with E-state index in [9.17, 15) is 18.8 Å². The zero-order valence-electron chi connectivity index (χ0n) is 17.4. The molecule has 32 heavy (non-hydrogen) atoms. The van der Waals surface area contributed by atoms with Gasteiger partial charge in [0.15, 0.2) is 5.11 Å². The average molecular weight is 458 g/mol. The van der Waals surface area contributed by atoms with E-state index < -0.39 is 23.7 Å². The summed E-state index contributed by atoms with van der Waals surface area (Å²) in [5, 5.41) is 5.09. The Morgan fingerprint density at radius 3 is 2.62 bits per heavy atom. The number of rotatable bonds is 7. The van der Waals surface area contributed by atoms with Crippen molar-refractivity contribution in [3.05, 3.63) is 71.5 Å². The normalized spacial score (nSPS) is 15.6. The van der Waals surface area contributed by atoms with Gasteiger partial charge in [0.1, 0.15) is 11.9 Å². The molecule has 0 aromatic heterocycles. The van der Waals surface area contributed by atoms with Crippen LogP contribution in [0.3, 0.4) is 0 Å². The molecular formula is C23H24FN3O4S. The molecule has 0 aliphatic carbocycles. The quantitative estimate of drug-likeness (QED) is 0.377. The van der Waals surface area contributed by atoms with E-state index in [-0.39, 0.29) is 29.6 Å². The van der Waals surface area contributed by atoms with Gasteiger partial charge in [-0.25, -0.2) is 4.39 Å². The average Bonchev–Trinajstić information content (AvgIpc) is 2.79. The molecule has 1 atom stereocenters. The fourth-order valence-electron chi connectivity index (χ4n) is 3.37. The van der Waals surface area contributed by atoms with Gasteiger partial charge in [0.05, 0.1) is 18.6 Å². The SMILES string of the molecule is O=C(CC1C(=O)NCCN1C(=S)NC(=O)c1ccccc1F)OCCCc1ccccc1. The van der Waals surface area contributed by atoms with E-state index in [0.29, 0.717) is 19.5 Å². The molecule has 2 amide bonds. The van der Waals surface area contributed by atoms with Gasteiger partial charge in [0.2, 0.25) is 5.91 Å². The molecule has 1 aliphatic heterocycles. The minimum atomic E-state index is -0.918. The lowest BCUT2D eigenvalue weighted by molar-refractivity contribution is -0.147. The highest BCUT2D eigenvalue weighted by molar-refractivity contribution is 7.80. The zero-order chi connectivity index (χ0) is 22.9. The first-order chi connectivity index (χ1) is 15.5. The van der Waals surface area contributed by atoms with E-state index in [1.165, 1.54) is 29.2 Å². The molecule has 0 radical (unpaired) electrons. The molecule has 2 N–H and O–H groups in total. The summed E-state index contributed by atoms with van der Waals surface area (Å²) in [6.07, 6.45) is 1.22. The van der Waals surface area contributed by atoms with E-state index in [2.05, 4.69) is 10.6 Å². The Hall–Kier alpha value is -3.33. The van der Waals surface area contributed by atoms with E-state index in [0.717, 1.165) is 12.0 Å². The van der Waals surface area contributed by atoms with Crippen molar-refractivity contribution in [3.8, 4) is 0 Å². The zero-order valence-corrected chi connectivity index (χ0v) is 18.2. The lowest BCUT2D eigenvalue weighted by Gasteiger charge is -2.36.